The standard InChI is InChI=1S/C12H17O6P.C2H6O/c1-3-7-19(17,18)9-8(10(13)14)5-4-6-12(9,2)11(15)16;1-2-3/h4-6,9H,3,7H2,1-2H3,(H,13,14)(H,15,16)(H,17,18);3H,2H2,1H3. The van der Waals surface area contributed by atoms with E-state index in [1.165, 1.54) is 25.2 Å². The van der Waals surface area contributed by atoms with Crippen LogP contribution in [0.3, 0.4) is 0 Å². The topological polar surface area (TPSA) is 132 Å². The Kier molecular flexibility index (Phi) is 7.73. The fourth-order valence-corrected chi connectivity index (χ4v) is 4.88. The number of aliphatic hydroxyl groups excluding tert-OH is 1. The first kappa shape index (κ1) is 20.6. The van der Waals surface area contributed by atoms with Crippen LogP contribution >= 0.6 is 7.37 Å². The fourth-order valence-electron chi connectivity index (χ4n) is 2.32. The summed E-state index contributed by atoms with van der Waals surface area (Å²) in [6.45, 7) is 4.88. The highest BCUT2D eigenvalue weighted by molar-refractivity contribution is 7.59. The molecule has 0 spiro atoms. The number of carboxylic acid groups (broad SMARTS) is 2. The molecule has 1 aliphatic carbocycles. The Morgan fingerprint density at radius 1 is 1.32 bits per heavy atom. The number of carbonyl (C=O) groups is 2. The van der Waals surface area contributed by atoms with E-state index in [-0.39, 0.29) is 18.3 Å². The van der Waals surface area contributed by atoms with E-state index in [9.17, 15) is 24.2 Å². The van der Waals surface area contributed by atoms with Crippen LogP contribution in [0.2, 0.25) is 0 Å². The summed E-state index contributed by atoms with van der Waals surface area (Å²) in [5.74, 6) is -2.68. The molecule has 3 atom stereocenters. The Hall–Kier alpha value is -1.43. The van der Waals surface area contributed by atoms with E-state index in [2.05, 4.69) is 0 Å². The summed E-state index contributed by atoms with van der Waals surface area (Å²) in [6, 6.07) is 0. The summed E-state index contributed by atoms with van der Waals surface area (Å²) in [6.07, 6.45) is 4.02. The third kappa shape index (κ3) is 4.53. The van der Waals surface area contributed by atoms with Crippen molar-refractivity contribution >= 4 is 19.3 Å². The number of aliphatic carboxylic acids is 2. The van der Waals surface area contributed by atoms with Gasteiger partial charge in [0.2, 0.25) is 7.37 Å². The van der Waals surface area contributed by atoms with Gasteiger partial charge in [0.05, 0.1) is 16.6 Å². The average molecular weight is 334 g/mol. The predicted octanol–water partition coefficient (Wildman–Crippen LogP) is 1.71. The minimum absolute atomic E-state index is 0.112. The van der Waals surface area contributed by atoms with Gasteiger partial charge in [-0.15, -0.1) is 0 Å². The summed E-state index contributed by atoms with van der Waals surface area (Å²) >= 11 is 0. The van der Waals surface area contributed by atoms with Crippen molar-refractivity contribution in [1.29, 1.82) is 0 Å². The van der Waals surface area contributed by atoms with Gasteiger partial charge in [-0.05, 0) is 20.3 Å². The Morgan fingerprint density at radius 2 is 1.82 bits per heavy atom. The smallest absolute Gasteiger partial charge is 0.332 e. The van der Waals surface area contributed by atoms with Crippen molar-refractivity contribution in [2.45, 2.75) is 32.9 Å². The lowest BCUT2D eigenvalue weighted by Gasteiger charge is -2.36. The Bertz CT molecular complexity index is 523. The van der Waals surface area contributed by atoms with Gasteiger partial charge in [0.1, 0.15) is 0 Å². The summed E-state index contributed by atoms with van der Waals surface area (Å²) in [5, 5.41) is 26.0. The highest BCUT2D eigenvalue weighted by atomic mass is 31.2. The van der Waals surface area contributed by atoms with Gasteiger partial charge in [-0.25, -0.2) is 4.79 Å². The van der Waals surface area contributed by atoms with Gasteiger partial charge in [-0.3, -0.25) is 9.36 Å². The van der Waals surface area contributed by atoms with Crippen molar-refractivity contribution in [3.05, 3.63) is 23.8 Å². The van der Waals surface area contributed by atoms with Crippen molar-refractivity contribution in [2.75, 3.05) is 12.8 Å². The van der Waals surface area contributed by atoms with E-state index in [1.54, 1.807) is 13.8 Å². The zero-order valence-electron chi connectivity index (χ0n) is 12.9. The van der Waals surface area contributed by atoms with Crippen molar-refractivity contribution in [2.24, 2.45) is 5.41 Å². The van der Waals surface area contributed by atoms with Gasteiger partial charge in [-0.1, -0.05) is 25.2 Å². The van der Waals surface area contributed by atoms with Crippen LogP contribution in [-0.2, 0) is 14.2 Å². The molecule has 3 unspecified atom stereocenters. The average Bonchev–Trinajstić information content (AvgIpc) is 2.38. The van der Waals surface area contributed by atoms with E-state index < -0.39 is 30.4 Å². The lowest BCUT2D eigenvalue weighted by atomic mass is 9.79. The number of rotatable bonds is 5. The minimum Gasteiger partial charge on any atom is -0.481 e. The van der Waals surface area contributed by atoms with E-state index in [1.807, 2.05) is 0 Å². The second kappa shape index (κ2) is 8.27. The molecule has 0 saturated carbocycles. The third-order valence-corrected chi connectivity index (χ3v) is 5.95. The molecule has 0 amide bonds. The maximum atomic E-state index is 12.4. The molecule has 0 bridgehead atoms. The zero-order chi connectivity index (χ0) is 17.6. The van der Waals surface area contributed by atoms with Gasteiger partial charge in [0, 0.05) is 12.8 Å². The molecule has 7 nitrogen and oxygen atoms in total. The predicted molar refractivity (Wildman–Crippen MR) is 82.1 cm³/mol. The molecule has 0 aromatic heterocycles. The molecule has 0 aromatic rings. The molecule has 0 heterocycles. The highest BCUT2D eigenvalue weighted by Crippen LogP contribution is 2.58. The largest absolute Gasteiger partial charge is 0.481 e. The number of hydrogen-bond acceptors (Lipinski definition) is 4. The Labute approximate surface area is 129 Å². The van der Waals surface area contributed by atoms with E-state index in [0.717, 1.165) is 0 Å². The van der Waals surface area contributed by atoms with Crippen molar-refractivity contribution in [1.82, 2.24) is 0 Å². The first-order chi connectivity index (χ1) is 10.1. The van der Waals surface area contributed by atoms with E-state index in [4.69, 9.17) is 10.2 Å². The number of hydrogen-bond donors (Lipinski definition) is 4. The molecule has 1 rings (SSSR count). The maximum absolute atomic E-state index is 12.4. The summed E-state index contributed by atoms with van der Waals surface area (Å²) in [7, 11) is -3.93. The van der Waals surface area contributed by atoms with Crippen LogP contribution in [0.4, 0.5) is 0 Å². The van der Waals surface area contributed by atoms with Gasteiger partial charge in [0.25, 0.3) is 0 Å². The molecule has 126 valence electrons. The van der Waals surface area contributed by atoms with Crippen molar-refractivity contribution in [3.8, 4) is 0 Å². The maximum Gasteiger partial charge on any atom is 0.332 e. The molecule has 0 aliphatic heterocycles. The van der Waals surface area contributed by atoms with Gasteiger partial charge < -0.3 is 20.2 Å². The second-order valence-corrected chi connectivity index (χ2v) is 7.55. The van der Waals surface area contributed by atoms with Crippen molar-refractivity contribution < 1.29 is 34.4 Å². The van der Waals surface area contributed by atoms with Gasteiger partial charge in [0.15, 0.2) is 0 Å². The molecule has 0 saturated heterocycles. The monoisotopic (exact) mass is 334 g/mol. The number of carboxylic acids is 2. The van der Waals surface area contributed by atoms with Crippen molar-refractivity contribution in [3.63, 3.8) is 0 Å². The van der Waals surface area contributed by atoms with Crippen LogP contribution in [0.5, 0.6) is 0 Å². The SMILES string of the molecule is CCCP(=O)(O)C1C(C(=O)O)=CC=CC1(C)C(=O)O.CCO. The summed E-state index contributed by atoms with van der Waals surface area (Å²) in [5.41, 5.74) is -3.45. The molecular weight excluding hydrogens is 311 g/mol. The molecule has 0 fully saturated rings. The number of allylic oxidation sites excluding steroid dienone is 2. The molecule has 4 N–H and O–H groups in total. The molecular formula is C14H23O7P. The highest BCUT2D eigenvalue weighted by Gasteiger charge is 2.52. The molecule has 22 heavy (non-hydrogen) atoms. The number of aliphatic hydroxyl groups is 1. The van der Waals surface area contributed by atoms with Crippen LogP contribution in [0.15, 0.2) is 23.8 Å². The first-order valence-electron chi connectivity index (χ1n) is 6.86. The molecule has 8 heteroatoms. The van der Waals surface area contributed by atoms with Crippen LogP contribution < -0.4 is 0 Å². The van der Waals surface area contributed by atoms with E-state index in [0.29, 0.717) is 6.42 Å². The van der Waals surface area contributed by atoms with Crippen LogP contribution in [-0.4, -0.2) is 50.6 Å². The van der Waals surface area contributed by atoms with Crippen LogP contribution in [0.25, 0.3) is 0 Å². The Balaban J connectivity index is 0.00000135. The summed E-state index contributed by atoms with van der Waals surface area (Å²) < 4.78 is 12.4. The van der Waals surface area contributed by atoms with Crippen LogP contribution in [0.1, 0.15) is 27.2 Å². The lowest BCUT2D eigenvalue weighted by molar-refractivity contribution is -0.145. The fraction of sp³-hybridized carbons (Fsp3) is 0.571. The zero-order valence-corrected chi connectivity index (χ0v) is 13.8. The lowest BCUT2D eigenvalue weighted by Crippen LogP contribution is -2.42. The first-order valence-corrected chi connectivity index (χ1v) is 8.78. The molecule has 0 aromatic carbocycles. The Morgan fingerprint density at radius 3 is 2.18 bits per heavy atom. The third-order valence-electron chi connectivity index (χ3n) is 3.24. The normalized spacial score (nSPS) is 26.2. The van der Waals surface area contributed by atoms with Gasteiger partial charge in [-0.2, -0.15) is 0 Å². The van der Waals surface area contributed by atoms with Crippen LogP contribution in [0, 0.1) is 5.41 Å². The quantitative estimate of drug-likeness (QED) is 0.563. The second-order valence-electron chi connectivity index (χ2n) is 5.07. The van der Waals surface area contributed by atoms with Gasteiger partial charge >= 0.3 is 11.9 Å². The van der Waals surface area contributed by atoms with E-state index >= 15 is 0 Å². The minimum atomic E-state index is -3.93. The summed E-state index contributed by atoms with van der Waals surface area (Å²) in [4.78, 5) is 32.7. The molecule has 1 aliphatic rings. The molecule has 0 radical (unpaired) electrons.